The van der Waals surface area contributed by atoms with Gasteiger partial charge in [0.2, 0.25) is 0 Å². The number of aliphatic hydroxyl groups excluding tert-OH is 1. The Kier molecular flexibility index (Phi) is 2.84. The minimum Gasteiger partial charge on any atom is -0.390 e. The molecule has 0 saturated heterocycles. The number of pyridine rings is 1. The van der Waals surface area contributed by atoms with Crippen LogP contribution in [0.25, 0.3) is 16.9 Å². The van der Waals surface area contributed by atoms with E-state index in [0.29, 0.717) is 0 Å². The van der Waals surface area contributed by atoms with Crippen molar-refractivity contribution in [1.82, 2.24) is 9.38 Å². The fourth-order valence-corrected chi connectivity index (χ4v) is 2.29. The first-order valence-corrected chi connectivity index (χ1v) is 6.34. The lowest BCUT2D eigenvalue weighted by atomic mass is 10.1. The number of aryl methyl sites for hydroxylation is 2. The molecule has 0 atom stereocenters. The van der Waals surface area contributed by atoms with E-state index in [-0.39, 0.29) is 6.61 Å². The summed E-state index contributed by atoms with van der Waals surface area (Å²) in [4.78, 5) is 4.65. The maximum atomic E-state index is 9.63. The van der Waals surface area contributed by atoms with Gasteiger partial charge in [0.15, 0.2) is 0 Å². The van der Waals surface area contributed by atoms with Crippen LogP contribution < -0.4 is 0 Å². The minimum atomic E-state index is -0.0204. The number of hydrogen-bond donors (Lipinski definition) is 1. The second-order valence-corrected chi connectivity index (χ2v) is 4.86. The molecule has 0 unspecified atom stereocenters. The molecule has 3 rings (SSSR count). The van der Waals surface area contributed by atoms with Crippen LogP contribution >= 0.6 is 0 Å². The number of imidazole rings is 1. The third kappa shape index (κ3) is 2.02. The molecule has 0 amide bonds. The van der Waals surface area contributed by atoms with E-state index >= 15 is 0 Å². The quantitative estimate of drug-likeness (QED) is 0.761. The summed E-state index contributed by atoms with van der Waals surface area (Å²) in [5.74, 6) is 0. The molecule has 0 bridgehead atoms. The first-order chi connectivity index (χ1) is 9.19. The Morgan fingerprint density at radius 1 is 1.05 bits per heavy atom. The van der Waals surface area contributed by atoms with Gasteiger partial charge in [-0.15, -0.1) is 0 Å². The molecule has 0 fully saturated rings. The molecule has 96 valence electrons. The van der Waals surface area contributed by atoms with Crippen molar-refractivity contribution < 1.29 is 5.11 Å². The first-order valence-electron chi connectivity index (χ1n) is 6.34. The smallest absolute Gasteiger partial charge is 0.138 e. The Hall–Kier alpha value is -2.13. The summed E-state index contributed by atoms with van der Waals surface area (Å²) in [5.41, 5.74) is 5.98. The zero-order valence-electron chi connectivity index (χ0n) is 11.1. The standard InChI is InChI=1S/C16H16N2O/c1-11-3-5-13(6-4-11)16-14(10-19)18-8-7-12(2)9-15(18)17-16/h3-9,19H,10H2,1-2H3. The van der Waals surface area contributed by atoms with Crippen LogP contribution in [0.3, 0.4) is 0 Å². The van der Waals surface area contributed by atoms with Gasteiger partial charge in [-0.1, -0.05) is 29.8 Å². The summed E-state index contributed by atoms with van der Waals surface area (Å²) in [6.07, 6.45) is 1.96. The Bertz CT molecular complexity index is 726. The molecule has 0 aliphatic carbocycles. The number of aromatic nitrogens is 2. The highest BCUT2D eigenvalue weighted by Crippen LogP contribution is 2.25. The second kappa shape index (κ2) is 4.52. The highest BCUT2D eigenvalue weighted by atomic mass is 16.3. The molecule has 0 saturated carbocycles. The van der Waals surface area contributed by atoms with Gasteiger partial charge in [-0.3, -0.25) is 0 Å². The monoisotopic (exact) mass is 252 g/mol. The molecule has 3 heteroatoms. The second-order valence-electron chi connectivity index (χ2n) is 4.86. The van der Waals surface area contributed by atoms with Gasteiger partial charge in [0.05, 0.1) is 18.0 Å². The van der Waals surface area contributed by atoms with Crippen LogP contribution in [-0.2, 0) is 6.61 Å². The van der Waals surface area contributed by atoms with E-state index in [9.17, 15) is 5.11 Å². The maximum Gasteiger partial charge on any atom is 0.138 e. The van der Waals surface area contributed by atoms with Gasteiger partial charge in [0.1, 0.15) is 5.65 Å². The predicted molar refractivity (Wildman–Crippen MR) is 76.0 cm³/mol. The van der Waals surface area contributed by atoms with Gasteiger partial charge in [-0.25, -0.2) is 4.98 Å². The molecule has 2 heterocycles. The van der Waals surface area contributed by atoms with Crippen molar-refractivity contribution in [3.05, 3.63) is 59.4 Å². The first kappa shape index (κ1) is 11.9. The van der Waals surface area contributed by atoms with Crippen LogP contribution in [0.5, 0.6) is 0 Å². The van der Waals surface area contributed by atoms with Gasteiger partial charge < -0.3 is 9.51 Å². The molecule has 2 aromatic heterocycles. The normalized spacial score (nSPS) is 11.1. The number of rotatable bonds is 2. The molecular weight excluding hydrogens is 236 g/mol. The zero-order chi connectivity index (χ0) is 13.4. The van der Waals surface area contributed by atoms with E-state index in [4.69, 9.17) is 0 Å². The zero-order valence-corrected chi connectivity index (χ0v) is 11.1. The lowest BCUT2D eigenvalue weighted by Crippen LogP contribution is -1.94. The van der Waals surface area contributed by atoms with Gasteiger partial charge in [-0.2, -0.15) is 0 Å². The van der Waals surface area contributed by atoms with E-state index in [1.807, 2.05) is 41.8 Å². The average molecular weight is 252 g/mol. The molecule has 3 nitrogen and oxygen atoms in total. The van der Waals surface area contributed by atoms with Crippen molar-refractivity contribution in [2.45, 2.75) is 20.5 Å². The highest BCUT2D eigenvalue weighted by Gasteiger charge is 2.12. The summed E-state index contributed by atoms with van der Waals surface area (Å²) in [6.45, 7) is 4.08. The molecule has 19 heavy (non-hydrogen) atoms. The van der Waals surface area contributed by atoms with Gasteiger partial charge in [-0.05, 0) is 31.5 Å². The molecule has 0 aliphatic rings. The molecular formula is C16H16N2O. The van der Waals surface area contributed by atoms with E-state index < -0.39 is 0 Å². The Balaban J connectivity index is 2.25. The lowest BCUT2D eigenvalue weighted by molar-refractivity contribution is 0.276. The lowest BCUT2D eigenvalue weighted by Gasteiger charge is -2.02. The summed E-state index contributed by atoms with van der Waals surface area (Å²) in [6, 6.07) is 12.3. The van der Waals surface area contributed by atoms with Crippen LogP contribution in [-0.4, -0.2) is 14.5 Å². The topological polar surface area (TPSA) is 37.5 Å². The van der Waals surface area contributed by atoms with Gasteiger partial charge >= 0.3 is 0 Å². The van der Waals surface area contributed by atoms with Crippen molar-refractivity contribution in [3.8, 4) is 11.3 Å². The average Bonchev–Trinajstić information content (AvgIpc) is 2.77. The molecule has 0 spiro atoms. The third-order valence-electron chi connectivity index (χ3n) is 3.36. The fourth-order valence-electron chi connectivity index (χ4n) is 2.29. The van der Waals surface area contributed by atoms with Crippen LogP contribution in [0.15, 0.2) is 42.6 Å². The van der Waals surface area contributed by atoms with Crippen molar-refractivity contribution in [2.24, 2.45) is 0 Å². The predicted octanol–water partition coefficient (Wildman–Crippen LogP) is 3.11. The van der Waals surface area contributed by atoms with Crippen molar-refractivity contribution in [3.63, 3.8) is 0 Å². The van der Waals surface area contributed by atoms with Crippen molar-refractivity contribution in [2.75, 3.05) is 0 Å². The third-order valence-corrected chi connectivity index (χ3v) is 3.36. The van der Waals surface area contributed by atoms with Crippen LogP contribution in [0.2, 0.25) is 0 Å². The van der Waals surface area contributed by atoms with E-state index in [1.54, 1.807) is 0 Å². The minimum absolute atomic E-state index is 0.0204. The number of aliphatic hydroxyl groups is 1. The summed E-state index contributed by atoms with van der Waals surface area (Å²) in [5, 5.41) is 9.63. The summed E-state index contributed by atoms with van der Waals surface area (Å²) < 4.78 is 1.95. The molecule has 0 aliphatic heterocycles. The number of hydrogen-bond acceptors (Lipinski definition) is 2. The van der Waals surface area contributed by atoms with Crippen LogP contribution in [0.4, 0.5) is 0 Å². The Morgan fingerprint density at radius 3 is 2.47 bits per heavy atom. The Labute approximate surface area is 112 Å². The highest BCUT2D eigenvalue weighted by molar-refractivity contribution is 5.67. The molecule has 1 N–H and O–H groups in total. The molecule has 0 radical (unpaired) electrons. The Morgan fingerprint density at radius 2 is 1.79 bits per heavy atom. The van der Waals surface area contributed by atoms with Crippen molar-refractivity contribution in [1.29, 1.82) is 0 Å². The van der Waals surface area contributed by atoms with Gasteiger partial charge in [0, 0.05) is 11.8 Å². The van der Waals surface area contributed by atoms with E-state index in [0.717, 1.165) is 28.2 Å². The SMILES string of the molecule is Cc1ccc(-c2nc3cc(C)ccn3c2CO)cc1. The van der Waals surface area contributed by atoms with Crippen LogP contribution in [0, 0.1) is 13.8 Å². The summed E-state index contributed by atoms with van der Waals surface area (Å²) in [7, 11) is 0. The molecule has 1 aromatic carbocycles. The number of benzene rings is 1. The fraction of sp³-hybridized carbons (Fsp3) is 0.188. The largest absolute Gasteiger partial charge is 0.390 e. The van der Waals surface area contributed by atoms with Crippen LogP contribution in [0.1, 0.15) is 16.8 Å². The number of nitrogens with zero attached hydrogens (tertiary/aromatic N) is 2. The van der Waals surface area contributed by atoms with Crippen molar-refractivity contribution >= 4 is 5.65 Å². The molecule has 3 aromatic rings. The van der Waals surface area contributed by atoms with E-state index in [2.05, 4.69) is 24.0 Å². The maximum absolute atomic E-state index is 9.63. The van der Waals surface area contributed by atoms with Gasteiger partial charge in [0.25, 0.3) is 0 Å². The van der Waals surface area contributed by atoms with E-state index in [1.165, 1.54) is 5.56 Å². The number of fused-ring (bicyclic) bond motifs is 1. The summed E-state index contributed by atoms with van der Waals surface area (Å²) >= 11 is 0.